The lowest BCUT2D eigenvalue weighted by Crippen LogP contribution is -2.33. The van der Waals surface area contributed by atoms with Crippen LogP contribution in [0.3, 0.4) is 0 Å². The van der Waals surface area contributed by atoms with Crippen LogP contribution in [-0.4, -0.2) is 33.6 Å². The number of nitrogens with two attached hydrogens (primary N) is 1. The summed E-state index contributed by atoms with van der Waals surface area (Å²) >= 11 is 0. The van der Waals surface area contributed by atoms with Crippen LogP contribution in [0.25, 0.3) is 0 Å². The van der Waals surface area contributed by atoms with Crippen molar-refractivity contribution < 1.29 is 4.92 Å². The summed E-state index contributed by atoms with van der Waals surface area (Å²) in [5.74, 6) is 0.650. The second kappa shape index (κ2) is 4.09. The first-order valence-corrected chi connectivity index (χ1v) is 5.28. The molecule has 0 bridgehead atoms. The fourth-order valence-corrected chi connectivity index (χ4v) is 1.80. The number of hydrogen-bond donors (Lipinski definition) is 1. The summed E-state index contributed by atoms with van der Waals surface area (Å²) < 4.78 is 1.51. The molecule has 1 aliphatic carbocycles. The van der Waals surface area contributed by atoms with Gasteiger partial charge in [0.15, 0.2) is 0 Å². The lowest BCUT2D eigenvalue weighted by Gasteiger charge is -2.19. The van der Waals surface area contributed by atoms with Gasteiger partial charge in [-0.3, -0.25) is 0 Å². The van der Waals surface area contributed by atoms with E-state index in [-0.39, 0.29) is 5.82 Å². The van der Waals surface area contributed by atoms with Crippen molar-refractivity contribution in [2.75, 3.05) is 18.0 Å². The van der Waals surface area contributed by atoms with Gasteiger partial charge >= 0.3 is 5.82 Å². The van der Waals surface area contributed by atoms with Crippen LogP contribution in [-0.2, 0) is 7.05 Å². The Morgan fingerprint density at radius 2 is 2.44 bits per heavy atom. The molecule has 1 aliphatic rings. The third kappa shape index (κ3) is 1.85. The van der Waals surface area contributed by atoms with E-state index in [4.69, 9.17) is 5.73 Å². The third-order valence-corrected chi connectivity index (χ3v) is 2.74. The van der Waals surface area contributed by atoms with Gasteiger partial charge in [-0.2, -0.15) is 9.55 Å². The van der Waals surface area contributed by atoms with Crippen LogP contribution in [0.4, 0.5) is 11.8 Å². The Balaban J connectivity index is 2.27. The summed E-state index contributed by atoms with van der Waals surface area (Å²) in [6.07, 6.45) is 3.52. The number of hydrogen-bond acceptors (Lipinski definition) is 5. The predicted octanol–water partition coefficient (Wildman–Crippen LogP) is 0.256. The monoisotopic (exact) mass is 225 g/mol. The Kier molecular flexibility index (Phi) is 2.78. The molecule has 2 rings (SSSR count). The van der Waals surface area contributed by atoms with Gasteiger partial charge in [0.25, 0.3) is 5.95 Å². The zero-order valence-electron chi connectivity index (χ0n) is 9.17. The van der Waals surface area contributed by atoms with Gasteiger partial charge in [0.1, 0.15) is 6.20 Å². The van der Waals surface area contributed by atoms with Gasteiger partial charge in [-0.15, -0.1) is 0 Å². The molecular weight excluding hydrogens is 210 g/mol. The normalized spacial score (nSPS) is 15.1. The molecule has 0 spiro atoms. The first-order valence-electron chi connectivity index (χ1n) is 5.28. The van der Waals surface area contributed by atoms with Gasteiger partial charge < -0.3 is 20.7 Å². The molecule has 0 aliphatic heterocycles. The van der Waals surface area contributed by atoms with Gasteiger partial charge in [-0.25, -0.2) is 0 Å². The molecule has 1 saturated carbocycles. The number of imidazole rings is 1. The molecule has 16 heavy (non-hydrogen) atoms. The summed E-state index contributed by atoms with van der Waals surface area (Å²) in [7, 11) is 1.66. The standard InChI is InChI=1S/C9H15N5O2/c1-12-8(14(15)16)6-11-9(12)13(5-4-10)7-2-3-7/h6-7H,2-5,10H2,1H3. The van der Waals surface area contributed by atoms with E-state index in [0.29, 0.717) is 25.1 Å². The Labute approximate surface area is 93.0 Å². The second-order valence-electron chi connectivity index (χ2n) is 3.95. The van der Waals surface area contributed by atoms with Crippen molar-refractivity contribution >= 4 is 11.8 Å². The number of aromatic nitrogens is 2. The van der Waals surface area contributed by atoms with Crippen LogP contribution in [0.5, 0.6) is 0 Å². The van der Waals surface area contributed by atoms with E-state index in [1.54, 1.807) is 7.05 Å². The number of anilines is 1. The van der Waals surface area contributed by atoms with Gasteiger partial charge in [-0.05, 0) is 17.8 Å². The van der Waals surface area contributed by atoms with Crippen molar-refractivity contribution in [3.05, 3.63) is 16.3 Å². The van der Waals surface area contributed by atoms with Crippen molar-refractivity contribution in [3.63, 3.8) is 0 Å². The summed E-state index contributed by atoms with van der Waals surface area (Å²) in [5.41, 5.74) is 5.54. The molecule has 0 saturated heterocycles. The third-order valence-electron chi connectivity index (χ3n) is 2.74. The number of rotatable bonds is 5. The van der Waals surface area contributed by atoms with E-state index in [1.807, 2.05) is 4.90 Å². The van der Waals surface area contributed by atoms with Gasteiger partial charge in [0, 0.05) is 19.1 Å². The molecule has 1 aromatic heterocycles. The second-order valence-corrected chi connectivity index (χ2v) is 3.95. The summed E-state index contributed by atoms with van der Waals surface area (Å²) in [6.45, 7) is 1.21. The van der Waals surface area contributed by atoms with E-state index in [1.165, 1.54) is 10.8 Å². The topological polar surface area (TPSA) is 90.2 Å². The van der Waals surface area contributed by atoms with Crippen LogP contribution < -0.4 is 10.6 Å². The van der Waals surface area contributed by atoms with Crippen molar-refractivity contribution in [1.29, 1.82) is 0 Å². The van der Waals surface area contributed by atoms with Crippen molar-refractivity contribution in [2.45, 2.75) is 18.9 Å². The molecule has 0 radical (unpaired) electrons. The predicted molar refractivity (Wildman–Crippen MR) is 59.3 cm³/mol. The Bertz CT molecular complexity index is 399. The van der Waals surface area contributed by atoms with Gasteiger partial charge in [0.05, 0.1) is 7.05 Å². The Morgan fingerprint density at radius 1 is 1.75 bits per heavy atom. The quantitative estimate of drug-likeness (QED) is 0.573. The van der Waals surface area contributed by atoms with Gasteiger partial charge in [-0.1, -0.05) is 0 Å². The van der Waals surface area contributed by atoms with Crippen LogP contribution in [0.2, 0.25) is 0 Å². The first kappa shape index (κ1) is 10.9. The Morgan fingerprint density at radius 3 is 2.88 bits per heavy atom. The van der Waals surface area contributed by atoms with Crippen LogP contribution in [0, 0.1) is 10.1 Å². The highest BCUT2D eigenvalue weighted by atomic mass is 16.6. The smallest absolute Gasteiger partial charge is 0.344 e. The van der Waals surface area contributed by atoms with Crippen LogP contribution in [0.1, 0.15) is 12.8 Å². The SMILES string of the molecule is Cn1c([N+](=O)[O-])cnc1N(CCN)C1CC1. The molecule has 0 amide bonds. The van der Waals surface area contributed by atoms with E-state index in [9.17, 15) is 10.1 Å². The maximum Gasteiger partial charge on any atom is 0.344 e. The lowest BCUT2D eigenvalue weighted by molar-refractivity contribution is -0.391. The minimum atomic E-state index is -0.427. The van der Waals surface area contributed by atoms with E-state index in [2.05, 4.69) is 4.98 Å². The fraction of sp³-hybridized carbons (Fsp3) is 0.667. The number of nitro groups is 1. The summed E-state index contributed by atoms with van der Waals surface area (Å²) in [4.78, 5) is 16.4. The van der Waals surface area contributed by atoms with Crippen molar-refractivity contribution in [1.82, 2.24) is 9.55 Å². The molecule has 0 unspecified atom stereocenters. The number of nitrogens with zero attached hydrogens (tertiary/aromatic N) is 4. The zero-order chi connectivity index (χ0) is 11.7. The van der Waals surface area contributed by atoms with Crippen LogP contribution >= 0.6 is 0 Å². The molecule has 0 atom stereocenters. The highest BCUT2D eigenvalue weighted by Gasteiger charge is 2.33. The van der Waals surface area contributed by atoms with E-state index >= 15 is 0 Å². The molecule has 2 N–H and O–H groups in total. The average Bonchev–Trinajstić information content (AvgIpc) is 2.99. The maximum atomic E-state index is 10.7. The Hall–Kier alpha value is -1.63. The van der Waals surface area contributed by atoms with Crippen LogP contribution in [0.15, 0.2) is 6.20 Å². The van der Waals surface area contributed by atoms with E-state index in [0.717, 1.165) is 12.8 Å². The molecule has 88 valence electrons. The highest BCUT2D eigenvalue weighted by molar-refractivity contribution is 5.41. The largest absolute Gasteiger partial charge is 0.358 e. The zero-order valence-corrected chi connectivity index (χ0v) is 9.17. The molecule has 7 nitrogen and oxygen atoms in total. The molecule has 7 heteroatoms. The van der Waals surface area contributed by atoms with Crippen molar-refractivity contribution in [3.8, 4) is 0 Å². The van der Waals surface area contributed by atoms with Gasteiger partial charge in [0.2, 0.25) is 0 Å². The maximum absolute atomic E-state index is 10.7. The fourth-order valence-electron chi connectivity index (χ4n) is 1.80. The average molecular weight is 225 g/mol. The lowest BCUT2D eigenvalue weighted by atomic mass is 10.5. The summed E-state index contributed by atoms with van der Waals surface area (Å²) in [5, 5.41) is 10.7. The molecule has 0 aromatic carbocycles. The molecule has 1 aromatic rings. The molecule has 1 fully saturated rings. The minimum absolute atomic E-state index is 0.0117. The first-order chi connectivity index (χ1) is 7.65. The van der Waals surface area contributed by atoms with Crippen molar-refractivity contribution in [2.24, 2.45) is 12.8 Å². The summed E-state index contributed by atoms with van der Waals surface area (Å²) in [6, 6.07) is 0.448. The molecule has 1 heterocycles. The highest BCUT2D eigenvalue weighted by Crippen LogP contribution is 2.31. The van der Waals surface area contributed by atoms with E-state index < -0.39 is 4.92 Å². The molecular formula is C9H15N5O2. The minimum Gasteiger partial charge on any atom is -0.358 e.